The van der Waals surface area contributed by atoms with E-state index in [1.165, 1.54) is 18.2 Å². The smallest absolute Gasteiger partial charge is 0.343 e. The Hall–Kier alpha value is -4.03. The van der Waals surface area contributed by atoms with Gasteiger partial charge in [-0.05, 0) is 35.9 Å². The molecule has 3 aromatic rings. The molecule has 1 heterocycles. The number of hydrogen-bond donors (Lipinski definition) is 2. The molecule has 2 N–H and O–H groups in total. The highest BCUT2D eigenvalue weighted by atomic mass is 32.2. The number of nitrogens with one attached hydrogen (secondary N) is 1. The van der Waals surface area contributed by atoms with Crippen LogP contribution in [0.1, 0.15) is 21.5 Å². The fourth-order valence-corrected chi connectivity index (χ4v) is 4.92. The zero-order valence-electron chi connectivity index (χ0n) is 18.3. The molecule has 1 aliphatic rings. The number of aliphatic hydroxyl groups is 1. The number of rotatable bonds is 7. The highest BCUT2D eigenvalue weighted by molar-refractivity contribution is 7.91. The van der Waals surface area contributed by atoms with Gasteiger partial charge in [-0.3, -0.25) is 0 Å². The number of ether oxygens (including phenoxy) is 1. The van der Waals surface area contributed by atoms with Gasteiger partial charge in [0.05, 0.1) is 18.0 Å². The van der Waals surface area contributed by atoms with Crippen LogP contribution in [-0.2, 0) is 26.7 Å². The minimum absolute atomic E-state index is 0.0183. The molecular formula is C23H20N2O8S2. The molecule has 0 spiro atoms. The fraction of sp³-hybridized carbons (Fsp3) is 0.0870. The van der Waals surface area contributed by atoms with Gasteiger partial charge in [-0.25, -0.2) is 13.8 Å². The monoisotopic (exact) mass is 516 g/mol. The Kier molecular flexibility index (Phi) is 6.41. The van der Waals surface area contributed by atoms with E-state index < -0.39 is 32.2 Å². The first-order valence-corrected chi connectivity index (χ1v) is 13.4. The maximum absolute atomic E-state index is 12.7. The van der Waals surface area contributed by atoms with E-state index in [-0.39, 0.29) is 29.2 Å². The summed E-state index contributed by atoms with van der Waals surface area (Å²) in [7, 11) is -7.91. The number of hydrogen-bond acceptors (Lipinski definition) is 8. The summed E-state index contributed by atoms with van der Waals surface area (Å²) in [5.41, 5.74) is 1.35. The van der Waals surface area contributed by atoms with Crippen molar-refractivity contribution in [3.05, 3.63) is 102 Å². The fourth-order valence-electron chi connectivity index (χ4n) is 3.37. The largest absolute Gasteiger partial charge is 0.493 e. The second kappa shape index (κ2) is 9.31. The van der Waals surface area contributed by atoms with Crippen LogP contribution in [0.5, 0.6) is 11.5 Å². The lowest BCUT2D eigenvalue weighted by molar-refractivity contribution is 0.0735. The summed E-state index contributed by atoms with van der Waals surface area (Å²) >= 11 is 0. The first-order valence-electron chi connectivity index (χ1n) is 10.1. The zero-order chi connectivity index (χ0) is 25.2. The Bertz CT molecular complexity index is 1520. The number of carbonyl (C=O) groups excluding carboxylic acids is 1. The number of esters is 1. The van der Waals surface area contributed by atoms with E-state index in [9.17, 15) is 26.7 Å². The zero-order valence-corrected chi connectivity index (χ0v) is 19.9. The predicted molar refractivity (Wildman–Crippen MR) is 128 cm³/mol. The molecule has 0 atom stereocenters. The average Bonchev–Trinajstić information content (AvgIpc) is 3.06. The topological polar surface area (TPSA) is 139 Å². The lowest BCUT2D eigenvalue weighted by atomic mass is 10.0. The summed E-state index contributed by atoms with van der Waals surface area (Å²) in [5.74, 6) is -1.26. The van der Waals surface area contributed by atoms with E-state index in [1.54, 1.807) is 54.6 Å². The first-order chi connectivity index (χ1) is 16.5. The minimum Gasteiger partial charge on any atom is -0.493 e. The van der Waals surface area contributed by atoms with Crippen LogP contribution in [0.4, 0.5) is 5.69 Å². The molecule has 182 valence electrons. The van der Waals surface area contributed by atoms with E-state index in [0.717, 1.165) is 16.8 Å². The molecule has 4 rings (SSSR count). The number of aliphatic hydroxyl groups excluding tert-OH is 1. The number of anilines is 1. The van der Waals surface area contributed by atoms with Gasteiger partial charge < -0.3 is 14.0 Å². The van der Waals surface area contributed by atoms with Gasteiger partial charge in [0.1, 0.15) is 11.4 Å². The Labute approximate surface area is 202 Å². The van der Waals surface area contributed by atoms with Crippen LogP contribution < -0.4 is 17.9 Å². The van der Waals surface area contributed by atoms with Crippen LogP contribution in [-0.4, -0.2) is 34.2 Å². The molecule has 0 saturated carbocycles. The molecule has 3 aromatic carbocycles. The number of nitrogens with zero attached hydrogens (tertiary/aromatic N) is 1. The SMILES string of the molecule is CS(=O)(=O)Oc1ccccc1Cc1ccc(N2C=C(O)NS2(=O)=O)c(OC(=O)c2ccccc2)c1. The molecule has 10 nitrogen and oxygen atoms in total. The minimum atomic E-state index is -4.15. The number of para-hydroxylation sites is 1. The van der Waals surface area contributed by atoms with Crippen LogP contribution in [0.3, 0.4) is 0 Å². The van der Waals surface area contributed by atoms with Gasteiger partial charge in [0.15, 0.2) is 5.75 Å². The lowest BCUT2D eigenvalue weighted by Gasteiger charge is -2.19. The van der Waals surface area contributed by atoms with E-state index in [1.807, 2.05) is 4.72 Å². The summed E-state index contributed by atoms with van der Waals surface area (Å²) in [6.07, 6.45) is 2.07. The first kappa shape index (κ1) is 24.1. The maximum atomic E-state index is 12.7. The Morgan fingerprint density at radius 1 is 1.00 bits per heavy atom. The summed E-state index contributed by atoms with van der Waals surface area (Å²) in [5, 5.41) is 9.68. The molecule has 0 aromatic heterocycles. The van der Waals surface area contributed by atoms with Crippen LogP contribution in [0.2, 0.25) is 0 Å². The van der Waals surface area contributed by atoms with Crippen molar-refractivity contribution in [2.75, 3.05) is 10.6 Å². The third-order valence-corrected chi connectivity index (χ3v) is 6.58. The third kappa shape index (κ3) is 5.73. The van der Waals surface area contributed by atoms with Crippen molar-refractivity contribution in [1.82, 2.24) is 4.72 Å². The van der Waals surface area contributed by atoms with Crippen molar-refractivity contribution in [2.45, 2.75) is 6.42 Å². The van der Waals surface area contributed by atoms with E-state index in [2.05, 4.69) is 0 Å². The summed E-state index contributed by atoms with van der Waals surface area (Å²) in [6, 6.07) is 19.1. The van der Waals surface area contributed by atoms with Gasteiger partial charge in [-0.1, -0.05) is 42.5 Å². The van der Waals surface area contributed by atoms with Gasteiger partial charge >= 0.3 is 26.3 Å². The van der Waals surface area contributed by atoms with Crippen LogP contribution in [0.25, 0.3) is 0 Å². The third-order valence-electron chi connectivity index (χ3n) is 4.81. The molecule has 0 fully saturated rings. The summed E-state index contributed by atoms with van der Waals surface area (Å²) in [6.45, 7) is 0. The Morgan fingerprint density at radius 3 is 2.34 bits per heavy atom. The van der Waals surface area contributed by atoms with Crippen molar-refractivity contribution < 1.29 is 35.7 Å². The highest BCUT2D eigenvalue weighted by Gasteiger charge is 2.31. The van der Waals surface area contributed by atoms with Crippen molar-refractivity contribution in [3.8, 4) is 11.5 Å². The van der Waals surface area contributed by atoms with Gasteiger partial charge in [-0.15, -0.1) is 0 Å². The molecule has 1 aliphatic heterocycles. The van der Waals surface area contributed by atoms with E-state index >= 15 is 0 Å². The van der Waals surface area contributed by atoms with Crippen molar-refractivity contribution in [2.24, 2.45) is 0 Å². The summed E-state index contributed by atoms with van der Waals surface area (Å²) in [4.78, 5) is 12.7. The molecule has 0 aliphatic carbocycles. The molecule has 0 amide bonds. The Balaban J connectivity index is 1.74. The van der Waals surface area contributed by atoms with Crippen molar-refractivity contribution >= 4 is 32.0 Å². The van der Waals surface area contributed by atoms with E-state index in [4.69, 9.17) is 8.92 Å². The summed E-state index contributed by atoms with van der Waals surface area (Å²) < 4.78 is 61.4. The van der Waals surface area contributed by atoms with Gasteiger partial charge in [0.2, 0.25) is 5.88 Å². The Morgan fingerprint density at radius 2 is 1.69 bits per heavy atom. The predicted octanol–water partition coefficient (Wildman–Crippen LogP) is 2.85. The molecule has 35 heavy (non-hydrogen) atoms. The lowest BCUT2D eigenvalue weighted by Crippen LogP contribution is -2.30. The van der Waals surface area contributed by atoms with Crippen LogP contribution in [0.15, 0.2) is 84.9 Å². The van der Waals surface area contributed by atoms with Gasteiger partial charge in [-0.2, -0.15) is 16.8 Å². The molecule has 0 saturated heterocycles. The molecule has 12 heteroatoms. The van der Waals surface area contributed by atoms with Crippen LogP contribution >= 0.6 is 0 Å². The van der Waals surface area contributed by atoms with E-state index in [0.29, 0.717) is 11.1 Å². The normalized spacial score (nSPS) is 14.7. The highest BCUT2D eigenvalue weighted by Crippen LogP contribution is 2.35. The number of benzene rings is 3. The van der Waals surface area contributed by atoms with Crippen LogP contribution in [0, 0.1) is 0 Å². The van der Waals surface area contributed by atoms with Gasteiger partial charge in [0.25, 0.3) is 0 Å². The maximum Gasteiger partial charge on any atom is 0.343 e. The van der Waals surface area contributed by atoms with Gasteiger partial charge in [0, 0.05) is 12.0 Å². The molecule has 0 bridgehead atoms. The van der Waals surface area contributed by atoms with Crippen molar-refractivity contribution in [3.63, 3.8) is 0 Å². The second-order valence-corrected chi connectivity index (χ2v) is 10.7. The standard InChI is InChI=1S/C23H20N2O8S2/c1-34(28,29)33-20-10-6-5-9-18(20)13-16-11-12-19(25-15-22(26)24-35(25,30)31)21(14-16)32-23(27)17-7-3-2-4-8-17/h2-12,14-15,24,26H,13H2,1H3. The molecule has 0 radical (unpaired) electrons. The quantitative estimate of drug-likeness (QED) is 0.278. The van der Waals surface area contributed by atoms with Crippen molar-refractivity contribution in [1.29, 1.82) is 0 Å². The molecule has 0 unspecified atom stereocenters. The number of carbonyl (C=O) groups is 1. The average molecular weight is 517 g/mol. The second-order valence-electron chi connectivity index (χ2n) is 7.55. The molecular weight excluding hydrogens is 496 g/mol.